The standard InChI is InChI=1S/C17H28N2/c1-15-8-7-9-16(12-15)19(2)14-17(13-18)10-5-3-4-6-11-17/h7-9,12H,3-6,10-11,13-14,18H2,1-2H3. The van der Waals surface area contributed by atoms with Crippen LogP contribution in [0.1, 0.15) is 44.1 Å². The number of aryl methyl sites for hydroxylation is 1. The van der Waals surface area contributed by atoms with Crippen LogP contribution in [0.5, 0.6) is 0 Å². The largest absolute Gasteiger partial charge is 0.374 e. The highest BCUT2D eigenvalue weighted by Gasteiger charge is 2.30. The summed E-state index contributed by atoms with van der Waals surface area (Å²) in [6.07, 6.45) is 8.04. The van der Waals surface area contributed by atoms with Crippen molar-refractivity contribution < 1.29 is 0 Å². The number of rotatable bonds is 4. The summed E-state index contributed by atoms with van der Waals surface area (Å²) in [6, 6.07) is 8.76. The molecular weight excluding hydrogens is 232 g/mol. The molecule has 1 aliphatic rings. The zero-order valence-electron chi connectivity index (χ0n) is 12.5. The maximum Gasteiger partial charge on any atom is 0.0366 e. The van der Waals surface area contributed by atoms with E-state index >= 15 is 0 Å². The Morgan fingerprint density at radius 3 is 2.42 bits per heavy atom. The first-order chi connectivity index (χ1) is 9.15. The van der Waals surface area contributed by atoms with Crippen molar-refractivity contribution in [1.29, 1.82) is 0 Å². The van der Waals surface area contributed by atoms with Gasteiger partial charge in [-0.1, -0.05) is 37.8 Å². The van der Waals surface area contributed by atoms with Gasteiger partial charge in [0.1, 0.15) is 0 Å². The van der Waals surface area contributed by atoms with Crippen LogP contribution in [0.2, 0.25) is 0 Å². The van der Waals surface area contributed by atoms with Gasteiger partial charge < -0.3 is 10.6 Å². The fourth-order valence-electron chi connectivity index (χ4n) is 3.37. The molecule has 2 nitrogen and oxygen atoms in total. The Labute approximate surface area is 118 Å². The van der Waals surface area contributed by atoms with Crippen LogP contribution in [-0.2, 0) is 0 Å². The van der Waals surface area contributed by atoms with Crippen LogP contribution in [0, 0.1) is 12.3 Å². The van der Waals surface area contributed by atoms with Gasteiger partial charge in [-0.05, 0) is 44.0 Å². The van der Waals surface area contributed by atoms with Crippen LogP contribution in [0.4, 0.5) is 5.69 Å². The second-order valence-electron chi connectivity index (χ2n) is 6.31. The van der Waals surface area contributed by atoms with E-state index in [4.69, 9.17) is 5.73 Å². The van der Waals surface area contributed by atoms with Gasteiger partial charge in [0, 0.05) is 24.7 Å². The van der Waals surface area contributed by atoms with Gasteiger partial charge in [-0.15, -0.1) is 0 Å². The smallest absolute Gasteiger partial charge is 0.0366 e. The normalized spacial score (nSPS) is 18.9. The first kappa shape index (κ1) is 14.4. The lowest BCUT2D eigenvalue weighted by atomic mass is 9.80. The second-order valence-corrected chi connectivity index (χ2v) is 6.31. The van der Waals surface area contributed by atoms with Gasteiger partial charge in [0.05, 0.1) is 0 Å². The number of anilines is 1. The lowest BCUT2D eigenvalue weighted by Gasteiger charge is -2.36. The Morgan fingerprint density at radius 2 is 1.84 bits per heavy atom. The maximum absolute atomic E-state index is 6.14. The predicted octanol–water partition coefficient (Wildman–Crippen LogP) is 3.73. The summed E-state index contributed by atoms with van der Waals surface area (Å²) in [5, 5.41) is 0. The average molecular weight is 260 g/mol. The molecule has 1 saturated carbocycles. The topological polar surface area (TPSA) is 29.3 Å². The fourth-order valence-corrected chi connectivity index (χ4v) is 3.37. The van der Waals surface area contributed by atoms with Gasteiger partial charge >= 0.3 is 0 Å². The maximum atomic E-state index is 6.14. The van der Waals surface area contributed by atoms with Crippen molar-refractivity contribution in [2.75, 3.05) is 25.0 Å². The molecular formula is C17H28N2. The molecule has 0 heterocycles. The second kappa shape index (κ2) is 6.42. The van der Waals surface area contributed by atoms with E-state index < -0.39 is 0 Å². The summed E-state index contributed by atoms with van der Waals surface area (Å²) in [5.41, 5.74) is 9.11. The van der Waals surface area contributed by atoms with Gasteiger partial charge in [0.25, 0.3) is 0 Å². The molecule has 0 aromatic heterocycles. The Kier molecular flexibility index (Phi) is 4.87. The summed E-state index contributed by atoms with van der Waals surface area (Å²) < 4.78 is 0. The van der Waals surface area contributed by atoms with Crippen LogP contribution in [0.15, 0.2) is 24.3 Å². The molecule has 0 aliphatic heterocycles. The van der Waals surface area contributed by atoms with Crippen molar-refractivity contribution in [3.05, 3.63) is 29.8 Å². The van der Waals surface area contributed by atoms with Crippen LogP contribution in [-0.4, -0.2) is 20.1 Å². The number of nitrogens with zero attached hydrogens (tertiary/aromatic N) is 1. The van der Waals surface area contributed by atoms with Gasteiger partial charge in [-0.2, -0.15) is 0 Å². The first-order valence-corrected chi connectivity index (χ1v) is 7.63. The predicted molar refractivity (Wildman–Crippen MR) is 83.6 cm³/mol. The van der Waals surface area contributed by atoms with Crippen LogP contribution >= 0.6 is 0 Å². The highest BCUT2D eigenvalue weighted by molar-refractivity contribution is 5.47. The molecule has 1 fully saturated rings. The van der Waals surface area contributed by atoms with Crippen molar-refractivity contribution in [2.24, 2.45) is 11.1 Å². The molecule has 19 heavy (non-hydrogen) atoms. The Morgan fingerprint density at radius 1 is 1.16 bits per heavy atom. The summed E-state index contributed by atoms with van der Waals surface area (Å²) >= 11 is 0. The molecule has 0 atom stereocenters. The highest BCUT2D eigenvalue weighted by atomic mass is 15.1. The zero-order chi connectivity index (χ0) is 13.7. The van der Waals surface area contributed by atoms with E-state index in [1.54, 1.807) is 0 Å². The van der Waals surface area contributed by atoms with E-state index in [9.17, 15) is 0 Å². The molecule has 0 saturated heterocycles. The van der Waals surface area contributed by atoms with Crippen molar-refractivity contribution >= 4 is 5.69 Å². The van der Waals surface area contributed by atoms with E-state index in [0.717, 1.165) is 13.1 Å². The van der Waals surface area contributed by atoms with Gasteiger partial charge in [0.15, 0.2) is 0 Å². The Hall–Kier alpha value is -1.02. The Bertz CT molecular complexity index is 392. The quantitative estimate of drug-likeness (QED) is 0.836. The number of benzene rings is 1. The molecule has 1 aromatic rings. The van der Waals surface area contributed by atoms with E-state index in [2.05, 4.69) is 43.1 Å². The minimum atomic E-state index is 0.328. The highest BCUT2D eigenvalue weighted by Crippen LogP contribution is 2.35. The molecule has 0 bridgehead atoms. The van der Waals surface area contributed by atoms with E-state index in [0.29, 0.717) is 5.41 Å². The lowest BCUT2D eigenvalue weighted by molar-refractivity contribution is 0.262. The summed E-state index contributed by atoms with van der Waals surface area (Å²) in [5.74, 6) is 0. The fraction of sp³-hybridized carbons (Fsp3) is 0.647. The summed E-state index contributed by atoms with van der Waals surface area (Å²) in [4.78, 5) is 2.39. The molecule has 106 valence electrons. The average Bonchev–Trinajstić information content (AvgIpc) is 2.65. The van der Waals surface area contributed by atoms with Gasteiger partial charge in [-0.3, -0.25) is 0 Å². The number of hydrogen-bond acceptors (Lipinski definition) is 2. The van der Waals surface area contributed by atoms with E-state index in [1.165, 1.54) is 49.8 Å². The SMILES string of the molecule is Cc1cccc(N(C)CC2(CN)CCCCCC2)c1. The minimum absolute atomic E-state index is 0.328. The van der Waals surface area contributed by atoms with Crippen molar-refractivity contribution in [3.63, 3.8) is 0 Å². The zero-order valence-corrected chi connectivity index (χ0v) is 12.5. The third-order valence-corrected chi connectivity index (χ3v) is 4.61. The lowest BCUT2D eigenvalue weighted by Crippen LogP contribution is -2.41. The number of nitrogens with two attached hydrogens (primary N) is 1. The monoisotopic (exact) mass is 260 g/mol. The van der Waals surface area contributed by atoms with E-state index in [1.807, 2.05) is 0 Å². The third kappa shape index (κ3) is 3.73. The molecule has 1 aliphatic carbocycles. The molecule has 2 rings (SSSR count). The van der Waals surface area contributed by atoms with Crippen LogP contribution in [0.3, 0.4) is 0 Å². The van der Waals surface area contributed by atoms with Crippen molar-refractivity contribution in [1.82, 2.24) is 0 Å². The summed E-state index contributed by atoms with van der Waals surface area (Å²) in [7, 11) is 2.21. The van der Waals surface area contributed by atoms with E-state index in [-0.39, 0.29) is 0 Å². The van der Waals surface area contributed by atoms with Crippen LogP contribution < -0.4 is 10.6 Å². The minimum Gasteiger partial charge on any atom is -0.374 e. The molecule has 2 N–H and O–H groups in total. The summed E-state index contributed by atoms with van der Waals surface area (Å²) in [6.45, 7) is 4.07. The van der Waals surface area contributed by atoms with Crippen molar-refractivity contribution in [2.45, 2.75) is 45.4 Å². The molecule has 0 spiro atoms. The van der Waals surface area contributed by atoms with Crippen molar-refractivity contribution in [3.8, 4) is 0 Å². The van der Waals surface area contributed by atoms with Gasteiger partial charge in [0.2, 0.25) is 0 Å². The third-order valence-electron chi connectivity index (χ3n) is 4.61. The first-order valence-electron chi connectivity index (χ1n) is 7.63. The molecule has 0 unspecified atom stereocenters. The molecule has 0 amide bonds. The van der Waals surface area contributed by atoms with Crippen LogP contribution in [0.25, 0.3) is 0 Å². The molecule has 2 heteroatoms. The Balaban J connectivity index is 2.08. The molecule has 0 radical (unpaired) electrons. The number of hydrogen-bond donors (Lipinski definition) is 1. The van der Waals surface area contributed by atoms with Gasteiger partial charge in [-0.25, -0.2) is 0 Å². The molecule has 1 aromatic carbocycles.